The highest BCUT2D eigenvalue weighted by atomic mass is 16.5. The van der Waals surface area contributed by atoms with Gasteiger partial charge in [0.25, 0.3) is 0 Å². The minimum Gasteiger partial charge on any atom is -0.378 e. The first-order valence-electron chi connectivity index (χ1n) is 9.66. The summed E-state index contributed by atoms with van der Waals surface area (Å²) in [4.78, 5) is 33.4. The van der Waals surface area contributed by atoms with Crippen LogP contribution in [0.5, 0.6) is 0 Å². The lowest BCUT2D eigenvalue weighted by atomic mass is 10.1. The monoisotopic (exact) mass is 362 g/mol. The Kier molecular flexibility index (Phi) is 5.96. The van der Waals surface area contributed by atoms with Gasteiger partial charge in [-0.25, -0.2) is 4.98 Å². The maximum Gasteiger partial charge on any atom is 0.228 e. The van der Waals surface area contributed by atoms with E-state index >= 15 is 0 Å². The first-order chi connectivity index (χ1) is 12.5. The van der Waals surface area contributed by atoms with Crippen molar-refractivity contribution in [2.24, 2.45) is 5.92 Å². The van der Waals surface area contributed by atoms with Gasteiger partial charge in [-0.15, -0.1) is 0 Å². The summed E-state index contributed by atoms with van der Waals surface area (Å²) in [5.74, 6) is 1.71. The second-order valence-corrected chi connectivity index (χ2v) is 7.65. The van der Waals surface area contributed by atoms with Crippen LogP contribution in [-0.4, -0.2) is 64.0 Å². The van der Waals surface area contributed by atoms with Crippen LogP contribution in [0.25, 0.3) is 0 Å². The zero-order valence-electron chi connectivity index (χ0n) is 16.1. The molecule has 7 heteroatoms. The number of carbonyl (C=O) groups is 2. The van der Waals surface area contributed by atoms with Crippen molar-refractivity contribution >= 4 is 11.8 Å². The Bertz CT molecular complexity index is 649. The first-order valence-corrected chi connectivity index (χ1v) is 9.66. The molecular formula is C19H30N4O3. The van der Waals surface area contributed by atoms with Gasteiger partial charge in [-0.1, -0.05) is 13.8 Å². The molecule has 0 bridgehead atoms. The second-order valence-electron chi connectivity index (χ2n) is 7.65. The van der Waals surface area contributed by atoms with Gasteiger partial charge in [-0.05, 0) is 19.3 Å². The molecule has 1 aromatic heterocycles. The van der Waals surface area contributed by atoms with Crippen molar-refractivity contribution < 1.29 is 14.3 Å². The Labute approximate surface area is 155 Å². The fourth-order valence-electron chi connectivity index (χ4n) is 3.61. The Morgan fingerprint density at radius 3 is 2.62 bits per heavy atom. The number of ether oxygens (including phenoxy) is 1. The summed E-state index contributed by atoms with van der Waals surface area (Å²) in [5, 5.41) is 0. The Morgan fingerprint density at radius 1 is 1.19 bits per heavy atom. The number of aromatic nitrogens is 2. The molecule has 1 unspecified atom stereocenters. The molecule has 3 rings (SSSR count). The second kappa shape index (κ2) is 8.20. The quantitative estimate of drug-likeness (QED) is 0.798. The van der Waals surface area contributed by atoms with Gasteiger partial charge in [0.2, 0.25) is 11.8 Å². The van der Waals surface area contributed by atoms with Gasteiger partial charge in [0, 0.05) is 38.8 Å². The molecule has 3 heterocycles. The molecule has 1 aromatic rings. The molecule has 2 amide bonds. The maximum absolute atomic E-state index is 12.5. The van der Waals surface area contributed by atoms with E-state index in [9.17, 15) is 9.59 Å². The summed E-state index contributed by atoms with van der Waals surface area (Å²) in [5.41, 5.74) is 0.792. The van der Waals surface area contributed by atoms with Crippen LogP contribution < -0.4 is 0 Å². The zero-order chi connectivity index (χ0) is 18.7. The Morgan fingerprint density at radius 2 is 1.92 bits per heavy atom. The highest BCUT2D eigenvalue weighted by Crippen LogP contribution is 2.26. The lowest BCUT2D eigenvalue weighted by molar-refractivity contribution is -0.135. The van der Waals surface area contributed by atoms with Crippen molar-refractivity contribution in [3.63, 3.8) is 0 Å². The third-order valence-corrected chi connectivity index (χ3v) is 5.23. The van der Waals surface area contributed by atoms with Gasteiger partial charge in [-0.3, -0.25) is 9.59 Å². The summed E-state index contributed by atoms with van der Waals surface area (Å²) in [6.07, 6.45) is 3.79. The molecule has 1 fully saturated rings. The van der Waals surface area contributed by atoms with E-state index in [4.69, 9.17) is 4.74 Å². The van der Waals surface area contributed by atoms with E-state index < -0.39 is 0 Å². The minimum absolute atomic E-state index is 0.0457. The largest absolute Gasteiger partial charge is 0.378 e. The first kappa shape index (κ1) is 18.9. The summed E-state index contributed by atoms with van der Waals surface area (Å²) < 4.78 is 7.39. The average molecular weight is 362 g/mol. The van der Waals surface area contributed by atoms with E-state index in [1.807, 2.05) is 22.9 Å². The predicted octanol–water partition coefficient (Wildman–Crippen LogP) is 1.62. The van der Waals surface area contributed by atoms with Crippen molar-refractivity contribution in [3.8, 4) is 0 Å². The van der Waals surface area contributed by atoms with Crippen LogP contribution in [0, 0.1) is 5.92 Å². The van der Waals surface area contributed by atoms with Crippen molar-refractivity contribution in [1.29, 1.82) is 0 Å². The number of imidazole rings is 1. The molecule has 0 saturated carbocycles. The third kappa shape index (κ3) is 4.26. The van der Waals surface area contributed by atoms with Crippen molar-refractivity contribution in [2.45, 2.75) is 52.6 Å². The fraction of sp³-hybridized carbons (Fsp3) is 0.737. The fourth-order valence-corrected chi connectivity index (χ4v) is 3.61. The van der Waals surface area contributed by atoms with E-state index in [1.165, 1.54) is 0 Å². The van der Waals surface area contributed by atoms with Crippen molar-refractivity contribution in [1.82, 2.24) is 19.4 Å². The molecule has 0 aromatic carbocycles. The Hall–Kier alpha value is -1.89. The maximum atomic E-state index is 12.5. The van der Waals surface area contributed by atoms with Gasteiger partial charge in [0.05, 0.1) is 31.4 Å². The van der Waals surface area contributed by atoms with Crippen LogP contribution in [0.2, 0.25) is 0 Å². The van der Waals surface area contributed by atoms with Crippen LogP contribution in [0.1, 0.15) is 51.2 Å². The van der Waals surface area contributed by atoms with Gasteiger partial charge >= 0.3 is 0 Å². The highest BCUT2D eigenvalue weighted by molar-refractivity contribution is 5.78. The molecular weight excluding hydrogens is 332 g/mol. The van der Waals surface area contributed by atoms with E-state index in [0.717, 1.165) is 24.5 Å². The van der Waals surface area contributed by atoms with Crippen molar-refractivity contribution in [2.75, 3.05) is 32.8 Å². The van der Waals surface area contributed by atoms with Crippen LogP contribution in [0.4, 0.5) is 0 Å². The van der Waals surface area contributed by atoms with Gasteiger partial charge in [0.1, 0.15) is 5.82 Å². The molecule has 2 aliphatic heterocycles. The number of morpholine rings is 1. The van der Waals surface area contributed by atoms with E-state index in [0.29, 0.717) is 51.6 Å². The number of amides is 2. The van der Waals surface area contributed by atoms with Crippen LogP contribution in [-0.2, 0) is 27.3 Å². The van der Waals surface area contributed by atoms with E-state index in [1.54, 1.807) is 0 Å². The number of hydrogen-bond acceptors (Lipinski definition) is 4. The molecule has 1 saturated heterocycles. The molecule has 1 atom stereocenters. The lowest BCUT2D eigenvalue weighted by Gasteiger charge is -2.34. The molecule has 0 aliphatic carbocycles. The van der Waals surface area contributed by atoms with Crippen LogP contribution >= 0.6 is 0 Å². The average Bonchev–Trinajstić information content (AvgIpc) is 3.04. The lowest BCUT2D eigenvalue weighted by Crippen LogP contribution is -2.41. The summed E-state index contributed by atoms with van der Waals surface area (Å²) in [6, 6.07) is -0.0457. The number of carbonyl (C=O) groups excluding carboxylic acids is 2. The van der Waals surface area contributed by atoms with E-state index in [2.05, 4.69) is 23.4 Å². The summed E-state index contributed by atoms with van der Waals surface area (Å²) >= 11 is 0. The smallest absolute Gasteiger partial charge is 0.228 e. The molecule has 0 N–H and O–H groups in total. The predicted molar refractivity (Wildman–Crippen MR) is 97.5 cm³/mol. The van der Waals surface area contributed by atoms with Gasteiger partial charge in [-0.2, -0.15) is 0 Å². The number of nitrogens with zero attached hydrogens (tertiary/aromatic N) is 4. The van der Waals surface area contributed by atoms with Gasteiger partial charge in [0.15, 0.2) is 0 Å². The standard InChI is InChI=1S/C19H30N4O3/c1-14(2)4-5-17(24)23-7-6-22-13-16(20-19(22)15(23)3)12-18(25)21-8-10-26-11-9-21/h13-15H,4-12H2,1-3H3. The molecule has 7 nitrogen and oxygen atoms in total. The molecule has 2 aliphatic rings. The number of fused-ring (bicyclic) bond motifs is 1. The van der Waals surface area contributed by atoms with E-state index in [-0.39, 0.29) is 17.9 Å². The number of hydrogen-bond donors (Lipinski definition) is 0. The highest BCUT2D eigenvalue weighted by Gasteiger charge is 2.30. The normalized spacial score (nSPS) is 20.4. The van der Waals surface area contributed by atoms with Crippen molar-refractivity contribution in [3.05, 3.63) is 17.7 Å². The Balaban J connectivity index is 1.63. The summed E-state index contributed by atoms with van der Waals surface area (Å²) in [6.45, 7) is 10.3. The third-order valence-electron chi connectivity index (χ3n) is 5.23. The zero-order valence-corrected chi connectivity index (χ0v) is 16.1. The van der Waals surface area contributed by atoms with Crippen LogP contribution in [0.3, 0.4) is 0 Å². The molecule has 0 radical (unpaired) electrons. The minimum atomic E-state index is -0.0457. The number of rotatable bonds is 5. The van der Waals surface area contributed by atoms with Gasteiger partial charge < -0.3 is 19.1 Å². The molecule has 0 spiro atoms. The summed E-state index contributed by atoms with van der Waals surface area (Å²) in [7, 11) is 0. The van der Waals surface area contributed by atoms with Crippen LogP contribution in [0.15, 0.2) is 6.20 Å². The molecule has 26 heavy (non-hydrogen) atoms. The topological polar surface area (TPSA) is 67.7 Å². The molecule has 144 valence electrons. The SMILES string of the molecule is CC(C)CCC(=O)N1CCn2cc(CC(=O)N3CCOCC3)nc2C1C.